The SMILES string of the molecule is O=C(C1=CCCCC1)c1ccc(Br)cc1Br. The molecular weight excluding hydrogens is 332 g/mol. The van der Waals surface area contributed by atoms with Gasteiger partial charge in [0, 0.05) is 14.5 Å². The molecule has 0 saturated heterocycles. The highest BCUT2D eigenvalue weighted by Gasteiger charge is 2.16. The van der Waals surface area contributed by atoms with Crippen molar-refractivity contribution in [1.29, 1.82) is 0 Å². The van der Waals surface area contributed by atoms with E-state index in [0.717, 1.165) is 39.3 Å². The van der Waals surface area contributed by atoms with Crippen LogP contribution in [0.2, 0.25) is 0 Å². The van der Waals surface area contributed by atoms with Crippen LogP contribution in [0, 0.1) is 0 Å². The Kier molecular flexibility index (Phi) is 3.98. The van der Waals surface area contributed by atoms with Gasteiger partial charge in [-0.1, -0.05) is 22.0 Å². The molecule has 0 aliphatic heterocycles. The smallest absolute Gasteiger partial charge is 0.189 e. The van der Waals surface area contributed by atoms with Crippen LogP contribution in [0.1, 0.15) is 36.0 Å². The van der Waals surface area contributed by atoms with E-state index in [2.05, 4.69) is 37.9 Å². The summed E-state index contributed by atoms with van der Waals surface area (Å²) in [5, 5.41) is 0. The predicted molar refractivity (Wildman–Crippen MR) is 72.7 cm³/mol. The molecule has 2 rings (SSSR count). The summed E-state index contributed by atoms with van der Waals surface area (Å²) in [7, 11) is 0. The second kappa shape index (κ2) is 5.28. The molecule has 0 heterocycles. The van der Waals surface area contributed by atoms with Crippen LogP contribution in [0.4, 0.5) is 0 Å². The fraction of sp³-hybridized carbons (Fsp3) is 0.308. The summed E-state index contributed by atoms with van der Waals surface area (Å²) in [5.74, 6) is 0.166. The first kappa shape index (κ1) is 12.1. The van der Waals surface area contributed by atoms with Crippen molar-refractivity contribution < 1.29 is 4.79 Å². The van der Waals surface area contributed by atoms with E-state index in [0.29, 0.717) is 0 Å². The van der Waals surface area contributed by atoms with Crippen LogP contribution >= 0.6 is 31.9 Å². The van der Waals surface area contributed by atoms with E-state index in [1.807, 2.05) is 18.2 Å². The standard InChI is InChI=1S/C13H12Br2O/c14-10-6-7-11(12(15)8-10)13(16)9-4-2-1-3-5-9/h4,6-8H,1-3,5H2. The third-order valence-corrected chi connectivity index (χ3v) is 3.91. The number of rotatable bonds is 2. The number of Topliss-reactive ketones (excluding diaryl/α,β-unsaturated/α-hetero) is 1. The molecule has 1 aromatic carbocycles. The molecule has 0 bridgehead atoms. The predicted octanol–water partition coefficient (Wildman–Crippen LogP) is 4.89. The van der Waals surface area contributed by atoms with Crippen molar-refractivity contribution in [1.82, 2.24) is 0 Å². The topological polar surface area (TPSA) is 17.1 Å². The molecule has 3 heteroatoms. The van der Waals surface area contributed by atoms with E-state index in [9.17, 15) is 4.79 Å². The van der Waals surface area contributed by atoms with Crippen molar-refractivity contribution in [3.63, 3.8) is 0 Å². The molecule has 0 amide bonds. The molecule has 16 heavy (non-hydrogen) atoms. The Bertz CT molecular complexity index is 449. The summed E-state index contributed by atoms with van der Waals surface area (Å²) in [6.45, 7) is 0. The van der Waals surface area contributed by atoms with Gasteiger partial charge in [-0.05, 0) is 65.4 Å². The summed E-state index contributed by atoms with van der Waals surface area (Å²) < 4.78 is 1.84. The van der Waals surface area contributed by atoms with Gasteiger partial charge in [0.25, 0.3) is 0 Å². The summed E-state index contributed by atoms with van der Waals surface area (Å²) >= 11 is 6.82. The van der Waals surface area contributed by atoms with Gasteiger partial charge < -0.3 is 0 Å². The van der Waals surface area contributed by atoms with E-state index in [1.54, 1.807) is 0 Å². The quantitative estimate of drug-likeness (QED) is 0.698. The van der Waals surface area contributed by atoms with Crippen molar-refractivity contribution in [2.24, 2.45) is 0 Å². The Morgan fingerprint density at radius 3 is 2.62 bits per heavy atom. The zero-order valence-corrected chi connectivity index (χ0v) is 12.0. The minimum Gasteiger partial charge on any atom is -0.289 e. The van der Waals surface area contributed by atoms with E-state index >= 15 is 0 Å². The van der Waals surface area contributed by atoms with Gasteiger partial charge in [-0.15, -0.1) is 0 Å². The number of hydrogen-bond acceptors (Lipinski definition) is 1. The lowest BCUT2D eigenvalue weighted by atomic mass is 9.93. The maximum atomic E-state index is 12.2. The van der Waals surface area contributed by atoms with Gasteiger partial charge in [0.05, 0.1) is 0 Å². The lowest BCUT2D eigenvalue weighted by Gasteiger charge is -2.12. The van der Waals surface area contributed by atoms with Gasteiger partial charge >= 0.3 is 0 Å². The van der Waals surface area contributed by atoms with Crippen molar-refractivity contribution in [3.8, 4) is 0 Å². The Morgan fingerprint density at radius 1 is 1.19 bits per heavy atom. The number of benzene rings is 1. The van der Waals surface area contributed by atoms with E-state index in [4.69, 9.17) is 0 Å². The van der Waals surface area contributed by atoms with Crippen LogP contribution in [-0.4, -0.2) is 5.78 Å². The lowest BCUT2D eigenvalue weighted by molar-refractivity contribution is 0.102. The van der Waals surface area contributed by atoms with Crippen LogP contribution in [0.25, 0.3) is 0 Å². The average molecular weight is 344 g/mol. The molecule has 0 unspecified atom stereocenters. The van der Waals surface area contributed by atoms with Gasteiger partial charge in [0.2, 0.25) is 0 Å². The third kappa shape index (κ3) is 2.64. The number of carbonyl (C=O) groups is 1. The van der Waals surface area contributed by atoms with Gasteiger partial charge in [0.15, 0.2) is 5.78 Å². The third-order valence-electron chi connectivity index (χ3n) is 2.76. The van der Waals surface area contributed by atoms with Crippen molar-refractivity contribution in [3.05, 3.63) is 44.4 Å². The first-order valence-electron chi connectivity index (χ1n) is 5.37. The molecule has 0 saturated carbocycles. The van der Waals surface area contributed by atoms with Crippen molar-refractivity contribution >= 4 is 37.6 Å². The molecule has 0 spiro atoms. The molecule has 1 aliphatic rings. The van der Waals surface area contributed by atoms with Crippen LogP contribution in [0.5, 0.6) is 0 Å². The highest BCUT2D eigenvalue weighted by Crippen LogP contribution is 2.27. The molecule has 0 radical (unpaired) electrons. The monoisotopic (exact) mass is 342 g/mol. The van der Waals surface area contributed by atoms with E-state index in [-0.39, 0.29) is 5.78 Å². The van der Waals surface area contributed by atoms with Crippen LogP contribution in [0.3, 0.4) is 0 Å². The number of ketones is 1. The second-order valence-corrected chi connectivity index (χ2v) is 5.70. The summed E-state index contributed by atoms with van der Waals surface area (Å²) in [4.78, 5) is 12.2. The van der Waals surface area contributed by atoms with Gasteiger partial charge in [0.1, 0.15) is 0 Å². The average Bonchev–Trinajstić information content (AvgIpc) is 2.29. The van der Waals surface area contributed by atoms with Gasteiger partial charge in [-0.25, -0.2) is 0 Å². The summed E-state index contributed by atoms with van der Waals surface area (Å²) in [5.41, 5.74) is 1.73. The number of carbonyl (C=O) groups excluding carboxylic acids is 1. The minimum absolute atomic E-state index is 0.166. The number of halogens is 2. The van der Waals surface area contributed by atoms with Crippen molar-refractivity contribution in [2.45, 2.75) is 25.7 Å². The lowest BCUT2D eigenvalue weighted by Crippen LogP contribution is -2.07. The summed E-state index contributed by atoms with van der Waals surface area (Å²) in [6, 6.07) is 5.68. The van der Waals surface area contributed by atoms with Crippen LogP contribution in [0.15, 0.2) is 38.8 Å². The summed E-state index contributed by atoms with van der Waals surface area (Å²) in [6.07, 6.45) is 6.38. The molecule has 0 atom stereocenters. The normalized spacial score (nSPS) is 15.8. The van der Waals surface area contributed by atoms with E-state index < -0.39 is 0 Å². The molecule has 1 aliphatic carbocycles. The fourth-order valence-electron chi connectivity index (χ4n) is 1.89. The second-order valence-electron chi connectivity index (χ2n) is 3.93. The maximum absolute atomic E-state index is 12.2. The molecule has 84 valence electrons. The highest BCUT2D eigenvalue weighted by atomic mass is 79.9. The van der Waals surface area contributed by atoms with Gasteiger partial charge in [-0.2, -0.15) is 0 Å². The van der Waals surface area contributed by atoms with Crippen LogP contribution < -0.4 is 0 Å². The number of hydrogen-bond donors (Lipinski definition) is 0. The van der Waals surface area contributed by atoms with Gasteiger partial charge in [-0.3, -0.25) is 4.79 Å². The largest absolute Gasteiger partial charge is 0.289 e. The first-order chi connectivity index (χ1) is 7.68. The Labute approximate surface area is 112 Å². The van der Waals surface area contributed by atoms with E-state index in [1.165, 1.54) is 6.42 Å². The first-order valence-corrected chi connectivity index (χ1v) is 6.96. The highest BCUT2D eigenvalue weighted by molar-refractivity contribution is 9.11. The fourth-order valence-corrected chi connectivity index (χ4v) is 3.12. The maximum Gasteiger partial charge on any atom is 0.189 e. The van der Waals surface area contributed by atoms with Crippen molar-refractivity contribution in [2.75, 3.05) is 0 Å². The molecule has 0 N–H and O–H groups in total. The zero-order chi connectivity index (χ0) is 11.5. The molecular formula is C13H12Br2O. The zero-order valence-electron chi connectivity index (χ0n) is 8.80. The molecule has 0 fully saturated rings. The minimum atomic E-state index is 0.166. The molecule has 1 aromatic rings. The van der Waals surface area contributed by atoms with Crippen LogP contribution in [-0.2, 0) is 0 Å². The number of allylic oxidation sites excluding steroid dienone is 2. The molecule has 0 aromatic heterocycles. The Balaban J connectivity index is 2.30. The Hall–Kier alpha value is -0.410. The Morgan fingerprint density at radius 2 is 2.00 bits per heavy atom. The molecule has 1 nitrogen and oxygen atoms in total.